The molecule has 0 spiro atoms. The highest BCUT2D eigenvalue weighted by Gasteiger charge is 2.27. The summed E-state index contributed by atoms with van der Waals surface area (Å²) in [6.45, 7) is 0.498. The van der Waals surface area contributed by atoms with E-state index in [0.717, 1.165) is 38.5 Å². The van der Waals surface area contributed by atoms with Gasteiger partial charge in [-0.15, -0.1) is 0 Å². The maximum Gasteiger partial charge on any atom is 0.321 e. The first-order valence-corrected chi connectivity index (χ1v) is 8.69. The van der Waals surface area contributed by atoms with Crippen LogP contribution in [0.25, 0.3) is 0 Å². The predicted octanol–water partition coefficient (Wildman–Crippen LogP) is 3.38. The van der Waals surface area contributed by atoms with Gasteiger partial charge in [-0.1, -0.05) is 6.42 Å². The van der Waals surface area contributed by atoms with E-state index in [2.05, 4.69) is 5.32 Å². The summed E-state index contributed by atoms with van der Waals surface area (Å²) in [7, 11) is 1.69. The second-order valence-corrected chi connectivity index (χ2v) is 6.88. The van der Waals surface area contributed by atoms with Crippen molar-refractivity contribution in [3.05, 3.63) is 24.0 Å². The average Bonchev–Trinajstić information content (AvgIpc) is 2.89. The molecular weight excluding hydrogens is 311 g/mol. The van der Waals surface area contributed by atoms with Crippen LogP contribution in [0.15, 0.2) is 18.2 Å². The monoisotopic (exact) mass is 336 g/mol. The maximum absolute atomic E-state index is 14.1. The molecule has 3 rings (SSSR count). The van der Waals surface area contributed by atoms with E-state index in [1.54, 1.807) is 19.2 Å². The molecular formula is C18H25FN2O3. The van der Waals surface area contributed by atoms with Gasteiger partial charge < -0.3 is 20.1 Å². The van der Waals surface area contributed by atoms with Gasteiger partial charge in [-0.05, 0) is 44.2 Å². The molecule has 1 aromatic rings. The largest absolute Gasteiger partial charge is 0.487 e. The first-order valence-electron chi connectivity index (χ1n) is 8.69. The van der Waals surface area contributed by atoms with Crippen LogP contribution in [0.2, 0.25) is 0 Å². The number of halogens is 1. The highest BCUT2D eigenvalue weighted by Crippen LogP contribution is 2.29. The van der Waals surface area contributed by atoms with Crippen LogP contribution in [0.3, 0.4) is 0 Å². The van der Waals surface area contributed by atoms with Crippen LogP contribution < -0.4 is 10.1 Å². The molecule has 132 valence electrons. The zero-order valence-electron chi connectivity index (χ0n) is 14.0. The molecule has 0 radical (unpaired) electrons. The zero-order chi connectivity index (χ0) is 17.1. The molecule has 2 N–H and O–H groups in total. The first kappa shape index (κ1) is 17.0. The lowest BCUT2D eigenvalue weighted by Gasteiger charge is -2.26. The molecule has 2 aliphatic carbocycles. The predicted molar refractivity (Wildman–Crippen MR) is 89.7 cm³/mol. The van der Waals surface area contributed by atoms with Gasteiger partial charge in [0.25, 0.3) is 0 Å². The second kappa shape index (κ2) is 7.38. The van der Waals surface area contributed by atoms with Crippen molar-refractivity contribution in [2.24, 2.45) is 5.92 Å². The van der Waals surface area contributed by atoms with Crippen LogP contribution in [-0.2, 0) is 0 Å². The molecule has 2 saturated carbocycles. The molecule has 2 fully saturated rings. The van der Waals surface area contributed by atoms with Crippen molar-refractivity contribution >= 4 is 11.7 Å². The third-order valence-electron chi connectivity index (χ3n) is 5.00. The number of ether oxygens (including phenoxy) is 1. The number of nitrogens with one attached hydrogen (secondary N) is 1. The van der Waals surface area contributed by atoms with Gasteiger partial charge in [-0.3, -0.25) is 0 Å². The van der Waals surface area contributed by atoms with Crippen molar-refractivity contribution in [2.45, 2.75) is 50.7 Å². The van der Waals surface area contributed by atoms with E-state index in [-0.39, 0.29) is 29.9 Å². The number of carbonyl (C=O) groups excluding carboxylic acids is 1. The van der Waals surface area contributed by atoms with Crippen molar-refractivity contribution in [1.29, 1.82) is 0 Å². The van der Waals surface area contributed by atoms with Crippen molar-refractivity contribution < 1.29 is 19.0 Å². The molecule has 6 heteroatoms. The molecule has 0 aromatic heterocycles. The highest BCUT2D eigenvalue weighted by molar-refractivity contribution is 5.89. The van der Waals surface area contributed by atoms with E-state index >= 15 is 0 Å². The Kier molecular flexibility index (Phi) is 5.23. The molecule has 2 amide bonds. The Balaban J connectivity index is 1.54. The SMILES string of the molecule is CN(CC1CCCC1O)C(=O)Nc1ccc(OC2CCC2)c(F)c1. The summed E-state index contributed by atoms with van der Waals surface area (Å²) in [5.74, 6) is -0.107. The summed E-state index contributed by atoms with van der Waals surface area (Å²) in [4.78, 5) is 13.8. The molecule has 2 unspecified atom stereocenters. The number of urea groups is 1. The van der Waals surface area contributed by atoms with E-state index in [0.29, 0.717) is 12.2 Å². The molecule has 0 saturated heterocycles. The quantitative estimate of drug-likeness (QED) is 0.866. The van der Waals surface area contributed by atoms with E-state index in [4.69, 9.17) is 4.74 Å². The average molecular weight is 336 g/mol. The number of anilines is 1. The standard InChI is InChI=1S/C18H25FN2O3/c1-21(11-12-4-2-7-16(12)22)18(23)20-13-8-9-17(15(19)10-13)24-14-5-3-6-14/h8-10,12,14,16,22H,2-7,11H2,1H3,(H,20,23). The summed E-state index contributed by atoms with van der Waals surface area (Å²) in [6, 6.07) is 4.18. The van der Waals surface area contributed by atoms with Crippen LogP contribution in [-0.4, -0.2) is 41.8 Å². The normalized spacial score (nSPS) is 23.6. The van der Waals surface area contributed by atoms with E-state index in [1.165, 1.54) is 11.0 Å². The van der Waals surface area contributed by atoms with Gasteiger partial charge in [0.1, 0.15) is 0 Å². The molecule has 2 atom stereocenters. The topological polar surface area (TPSA) is 61.8 Å². The zero-order valence-corrected chi connectivity index (χ0v) is 14.0. The fourth-order valence-electron chi connectivity index (χ4n) is 3.23. The second-order valence-electron chi connectivity index (χ2n) is 6.88. The minimum Gasteiger partial charge on any atom is -0.487 e. The van der Waals surface area contributed by atoms with Crippen molar-refractivity contribution in [3.63, 3.8) is 0 Å². The first-order chi connectivity index (χ1) is 11.5. The Bertz CT molecular complexity index is 592. The molecule has 5 nitrogen and oxygen atoms in total. The van der Waals surface area contributed by atoms with Gasteiger partial charge in [0.15, 0.2) is 11.6 Å². The fraction of sp³-hybridized carbons (Fsp3) is 0.611. The van der Waals surface area contributed by atoms with Gasteiger partial charge in [-0.2, -0.15) is 0 Å². The lowest BCUT2D eigenvalue weighted by molar-refractivity contribution is 0.115. The minimum atomic E-state index is -0.464. The number of amides is 2. The molecule has 0 heterocycles. The van der Waals surface area contributed by atoms with Crippen LogP contribution in [0.1, 0.15) is 38.5 Å². The number of carbonyl (C=O) groups is 1. The van der Waals surface area contributed by atoms with Crippen molar-refractivity contribution in [3.8, 4) is 5.75 Å². The molecule has 0 aliphatic heterocycles. The van der Waals surface area contributed by atoms with E-state index < -0.39 is 5.82 Å². The van der Waals surface area contributed by atoms with Gasteiger partial charge in [0, 0.05) is 31.3 Å². The summed E-state index contributed by atoms with van der Waals surface area (Å²) < 4.78 is 19.6. The van der Waals surface area contributed by atoms with Crippen LogP contribution in [0.5, 0.6) is 5.75 Å². The summed E-state index contributed by atoms with van der Waals surface area (Å²) >= 11 is 0. The van der Waals surface area contributed by atoms with Crippen LogP contribution >= 0.6 is 0 Å². The number of nitrogens with zero attached hydrogens (tertiary/aromatic N) is 1. The Hall–Kier alpha value is -1.82. The lowest BCUT2D eigenvalue weighted by atomic mass is 9.96. The number of rotatable bonds is 5. The van der Waals surface area contributed by atoms with Gasteiger partial charge in [0.2, 0.25) is 0 Å². The van der Waals surface area contributed by atoms with Gasteiger partial charge in [-0.25, -0.2) is 9.18 Å². The molecule has 1 aromatic carbocycles. The summed E-state index contributed by atoms with van der Waals surface area (Å²) in [5.41, 5.74) is 0.400. The van der Waals surface area contributed by atoms with Crippen molar-refractivity contribution in [2.75, 3.05) is 18.9 Å². The molecule has 24 heavy (non-hydrogen) atoms. The number of hydrogen-bond donors (Lipinski definition) is 2. The number of aliphatic hydroxyl groups excluding tert-OH is 1. The van der Waals surface area contributed by atoms with Crippen LogP contribution in [0, 0.1) is 11.7 Å². The Morgan fingerprint density at radius 2 is 2.08 bits per heavy atom. The smallest absolute Gasteiger partial charge is 0.321 e. The van der Waals surface area contributed by atoms with Gasteiger partial charge >= 0.3 is 6.03 Å². The number of hydrogen-bond acceptors (Lipinski definition) is 3. The highest BCUT2D eigenvalue weighted by atomic mass is 19.1. The third kappa shape index (κ3) is 3.98. The Morgan fingerprint density at radius 1 is 1.33 bits per heavy atom. The van der Waals surface area contributed by atoms with Crippen LogP contribution in [0.4, 0.5) is 14.9 Å². The number of benzene rings is 1. The maximum atomic E-state index is 14.1. The van der Waals surface area contributed by atoms with E-state index in [9.17, 15) is 14.3 Å². The van der Waals surface area contributed by atoms with E-state index in [1.807, 2.05) is 0 Å². The lowest BCUT2D eigenvalue weighted by Crippen LogP contribution is -2.37. The summed E-state index contributed by atoms with van der Waals surface area (Å²) in [5, 5.41) is 12.5. The molecule has 2 aliphatic rings. The Morgan fingerprint density at radius 3 is 2.67 bits per heavy atom. The van der Waals surface area contributed by atoms with Gasteiger partial charge in [0.05, 0.1) is 12.2 Å². The minimum absolute atomic E-state index is 0.115. The van der Waals surface area contributed by atoms with Crippen molar-refractivity contribution in [1.82, 2.24) is 4.90 Å². The third-order valence-corrected chi connectivity index (χ3v) is 5.00. The fourth-order valence-corrected chi connectivity index (χ4v) is 3.23. The summed E-state index contributed by atoms with van der Waals surface area (Å²) in [6.07, 6.45) is 5.57. The number of aliphatic hydroxyl groups is 1. The Labute approximate surface area is 141 Å². The molecule has 0 bridgehead atoms.